The van der Waals surface area contributed by atoms with Crippen molar-refractivity contribution < 1.29 is 4.92 Å². The van der Waals surface area contributed by atoms with Crippen molar-refractivity contribution in [3.05, 3.63) is 75.3 Å². The summed E-state index contributed by atoms with van der Waals surface area (Å²) in [5.74, 6) is 0. The maximum Gasteiger partial charge on any atom is 0.269 e. The van der Waals surface area contributed by atoms with Crippen LogP contribution in [0.4, 0.5) is 5.69 Å². The van der Waals surface area contributed by atoms with Gasteiger partial charge in [-0.3, -0.25) is 10.1 Å². The molecule has 0 aliphatic heterocycles. The number of rotatable bonds is 9. The summed E-state index contributed by atoms with van der Waals surface area (Å²) in [7, 11) is 0. The summed E-state index contributed by atoms with van der Waals surface area (Å²) in [6.45, 7) is 3.86. The highest BCUT2D eigenvalue weighted by atomic mass is 16.6. The summed E-state index contributed by atoms with van der Waals surface area (Å²) < 4.78 is 0. The van der Waals surface area contributed by atoms with Crippen LogP contribution in [0, 0.1) is 10.1 Å². The summed E-state index contributed by atoms with van der Waals surface area (Å²) in [6.07, 6.45) is 4.33. The van der Waals surface area contributed by atoms with Crippen molar-refractivity contribution in [2.45, 2.75) is 39.2 Å². The first-order valence-corrected chi connectivity index (χ1v) is 8.21. The Morgan fingerprint density at radius 1 is 1.04 bits per heavy atom. The summed E-state index contributed by atoms with van der Waals surface area (Å²) in [5.41, 5.74) is 3.91. The molecule has 0 atom stereocenters. The van der Waals surface area contributed by atoms with Crippen molar-refractivity contribution in [2.24, 2.45) is 0 Å². The SMILES string of the molecule is CCCCc1ccccc1CNCCc1cccc([N+](=O)[O-])c1. The molecular formula is C19H24N2O2. The van der Waals surface area contributed by atoms with Crippen LogP contribution in [0.1, 0.15) is 36.5 Å². The molecule has 0 fully saturated rings. The molecule has 0 heterocycles. The second-order valence-corrected chi connectivity index (χ2v) is 5.73. The van der Waals surface area contributed by atoms with E-state index in [1.807, 2.05) is 6.07 Å². The minimum atomic E-state index is -0.346. The minimum Gasteiger partial charge on any atom is -0.312 e. The monoisotopic (exact) mass is 312 g/mol. The lowest BCUT2D eigenvalue weighted by Crippen LogP contribution is -2.17. The van der Waals surface area contributed by atoms with Crippen LogP contribution in [-0.4, -0.2) is 11.5 Å². The van der Waals surface area contributed by atoms with E-state index in [9.17, 15) is 10.1 Å². The molecule has 0 spiro atoms. The van der Waals surface area contributed by atoms with Crippen LogP contribution in [0.5, 0.6) is 0 Å². The van der Waals surface area contributed by atoms with Crippen molar-refractivity contribution in [1.29, 1.82) is 0 Å². The van der Waals surface area contributed by atoms with Gasteiger partial charge in [0.05, 0.1) is 4.92 Å². The van der Waals surface area contributed by atoms with Gasteiger partial charge >= 0.3 is 0 Å². The molecule has 0 aliphatic carbocycles. The fraction of sp³-hybridized carbons (Fsp3) is 0.368. The molecule has 0 aromatic heterocycles. The smallest absolute Gasteiger partial charge is 0.269 e. The van der Waals surface area contributed by atoms with Crippen LogP contribution in [0.25, 0.3) is 0 Å². The molecule has 2 aromatic carbocycles. The van der Waals surface area contributed by atoms with Gasteiger partial charge in [0.2, 0.25) is 0 Å². The van der Waals surface area contributed by atoms with Crippen LogP contribution in [0.2, 0.25) is 0 Å². The second kappa shape index (κ2) is 9.06. The maximum atomic E-state index is 10.8. The third-order valence-corrected chi connectivity index (χ3v) is 3.95. The highest BCUT2D eigenvalue weighted by Gasteiger charge is 2.05. The van der Waals surface area contributed by atoms with E-state index in [-0.39, 0.29) is 10.6 Å². The highest BCUT2D eigenvalue weighted by Crippen LogP contribution is 2.14. The number of aryl methyl sites for hydroxylation is 1. The molecule has 4 heteroatoms. The number of non-ortho nitro benzene ring substituents is 1. The Labute approximate surface area is 137 Å². The fourth-order valence-electron chi connectivity index (χ4n) is 2.62. The van der Waals surface area contributed by atoms with Gasteiger partial charge in [-0.15, -0.1) is 0 Å². The van der Waals surface area contributed by atoms with Gasteiger partial charge in [0, 0.05) is 18.7 Å². The van der Waals surface area contributed by atoms with E-state index in [1.165, 1.54) is 30.0 Å². The van der Waals surface area contributed by atoms with Crippen molar-refractivity contribution in [3.63, 3.8) is 0 Å². The van der Waals surface area contributed by atoms with E-state index in [0.29, 0.717) is 0 Å². The number of nitro groups is 1. The number of unbranched alkanes of at least 4 members (excludes halogenated alkanes) is 1. The Morgan fingerprint density at radius 3 is 2.57 bits per heavy atom. The molecule has 0 radical (unpaired) electrons. The summed E-state index contributed by atoms with van der Waals surface area (Å²) in [4.78, 5) is 10.4. The molecule has 0 aliphatic rings. The lowest BCUT2D eigenvalue weighted by atomic mass is 10.0. The predicted molar refractivity (Wildman–Crippen MR) is 93.6 cm³/mol. The molecular weight excluding hydrogens is 288 g/mol. The number of nitrogens with one attached hydrogen (secondary N) is 1. The van der Waals surface area contributed by atoms with Crippen LogP contribution < -0.4 is 5.32 Å². The van der Waals surface area contributed by atoms with Crippen molar-refractivity contribution in [1.82, 2.24) is 5.32 Å². The van der Waals surface area contributed by atoms with Crippen LogP contribution >= 0.6 is 0 Å². The zero-order valence-electron chi connectivity index (χ0n) is 13.6. The minimum absolute atomic E-state index is 0.160. The van der Waals surface area contributed by atoms with Gasteiger partial charge in [-0.05, 0) is 42.5 Å². The Kier molecular flexibility index (Phi) is 6.76. The van der Waals surface area contributed by atoms with Crippen LogP contribution in [-0.2, 0) is 19.4 Å². The first-order valence-electron chi connectivity index (χ1n) is 8.21. The zero-order chi connectivity index (χ0) is 16.5. The molecule has 4 nitrogen and oxygen atoms in total. The zero-order valence-corrected chi connectivity index (χ0v) is 13.6. The third-order valence-electron chi connectivity index (χ3n) is 3.95. The highest BCUT2D eigenvalue weighted by molar-refractivity contribution is 5.34. The van der Waals surface area contributed by atoms with E-state index in [0.717, 1.165) is 31.5 Å². The molecule has 0 unspecified atom stereocenters. The van der Waals surface area contributed by atoms with E-state index >= 15 is 0 Å². The molecule has 0 saturated heterocycles. The van der Waals surface area contributed by atoms with E-state index in [1.54, 1.807) is 12.1 Å². The average Bonchev–Trinajstić information content (AvgIpc) is 2.58. The van der Waals surface area contributed by atoms with Crippen molar-refractivity contribution in [2.75, 3.05) is 6.54 Å². The van der Waals surface area contributed by atoms with Crippen molar-refractivity contribution in [3.8, 4) is 0 Å². The number of nitro benzene ring substituents is 1. The Bertz CT molecular complexity index is 641. The molecule has 2 aromatic rings. The second-order valence-electron chi connectivity index (χ2n) is 5.73. The Balaban J connectivity index is 1.84. The first-order chi connectivity index (χ1) is 11.2. The number of hydrogen-bond donors (Lipinski definition) is 1. The molecule has 23 heavy (non-hydrogen) atoms. The Morgan fingerprint density at radius 2 is 1.83 bits per heavy atom. The molecule has 1 N–H and O–H groups in total. The fourth-order valence-corrected chi connectivity index (χ4v) is 2.62. The number of hydrogen-bond acceptors (Lipinski definition) is 3. The van der Waals surface area contributed by atoms with E-state index in [2.05, 4.69) is 36.5 Å². The largest absolute Gasteiger partial charge is 0.312 e. The molecule has 0 bridgehead atoms. The average molecular weight is 312 g/mol. The third kappa shape index (κ3) is 5.49. The standard InChI is InChI=1S/C19H24N2O2/c1-2-3-8-17-9-4-5-10-18(17)15-20-13-12-16-7-6-11-19(14-16)21(22)23/h4-7,9-11,14,20H,2-3,8,12-13,15H2,1H3. The van der Waals surface area contributed by atoms with Gasteiger partial charge in [-0.2, -0.15) is 0 Å². The topological polar surface area (TPSA) is 55.2 Å². The summed E-state index contributed by atoms with van der Waals surface area (Å²) in [5, 5.41) is 14.2. The first kappa shape index (κ1) is 17.2. The van der Waals surface area contributed by atoms with Gasteiger partial charge in [-0.25, -0.2) is 0 Å². The molecule has 0 amide bonds. The van der Waals surface area contributed by atoms with Gasteiger partial charge < -0.3 is 5.32 Å². The van der Waals surface area contributed by atoms with E-state index in [4.69, 9.17) is 0 Å². The van der Waals surface area contributed by atoms with Gasteiger partial charge in [0.15, 0.2) is 0 Å². The Hall–Kier alpha value is -2.20. The lowest BCUT2D eigenvalue weighted by molar-refractivity contribution is -0.384. The normalized spacial score (nSPS) is 10.7. The van der Waals surface area contributed by atoms with Crippen LogP contribution in [0.15, 0.2) is 48.5 Å². The number of benzene rings is 2. The number of nitrogens with zero attached hydrogens (tertiary/aromatic N) is 1. The molecule has 122 valence electrons. The van der Waals surface area contributed by atoms with Gasteiger partial charge in [0.25, 0.3) is 5.69 Å². The van der Waals surface area contributed by atoms with Crippen molar-refractivity contribution >= 4 is 5.69 Å². The van der Waals surface area contributed by atoms with E-state index < -0.39 is 0 Å². The molecule has 0 saturated carbocycles. The maximum absolute atomic E-state index is 10.8. The molecule has 2 rings (SSSR count). The van der Waals surface area contributed by atoms with Crippen LogP contribution in [0.3, 0.4) is 0 Å². The summed E-state index contributed by atoms with van der Waals surface area (Å²) >= 11 is 0. The predicted octanol–water partition coefficient (Wildman–Crippen LogP) is 4.27. The lowest BCUT2D eigenvalue weighted by Gasteiger charge is -2.10. The van der Waals surface area contributed by atoms with Gasteiger partial charge in [-0.1, -0.05) is 49.7 Å². The quantitative estimate of drug-likeness (QED) is 0.427. The summed E-state index contributed by atoms with van der Waals surface area (Å²) in [6, 6.07) is 15.4. The van der Waals surface area contributed by atoms with Gasteiger partial charge in [0.1, 0.15) is 0 Å².